The first-order chi connectivity index (χ1) is 16.7. The number of fused-ring (bicyclic) bond motifs is 1. The Morgan fingerprint density at radius 3 is 2.71 bits per heavy atom. The number of aromatic nitrogens is 5. The average molecular weight is 480 g/mol. The lowest BCUT2D eigenvalue weighted by molar-refractivity contribution is -0.141. The number of Topliss-reactive ketones (excluding diaryl/α,β-unsaturated/α-hetero) is 1. The number of carbonyl (C=O) groups is 1. The fourth-order valence-electron chi connectivity index (χ4n) is 4.11. The minimum atomic E-state index is -4.62. The fourth-order valence-corrected chi connectivity index (χ4v) is 4.11. The average Bonchev–Trinajstić information content (AvgIpc) is 3.44. The van der Waals surface area contributed by atoms with E-state index >= 15 is 0 Å². The first-order valence-corrected chi connectivity index (χ1v) is 11.2. The van der Waals surface area contributed by atoms with Crippen LogP contribution in [0.2, 0.25) is 0 Å². The smallest absolute Gasteiger partial charge is 0.296 e. The molecule has 0 aliphatic carbocycles. The lowest BCUT2D eigenvalue weighted by Crippen LogP contribution is -2.09. The molecule has 9 heteroatoms. The van der Waals surface area contributed by atoms with Crippen molar-refractivity contribution in [1.29, 1.82) is 0 Å². The van der Waals surface area contributed by atoms with Crippen molar-refractivity contribution in [3.63, 3.8) is 0 Å². The molecule has 0 amide bonds. The summed E-state index contributed by atoms with van der Waals surface area (Å²) in [6, 6.07) is 5.60. The molecule has 3 aromatic heterocycles. The summed E-state index contributed by atoms with van der Waals surface area (Å²) in [7, 11) is 0. The van der Waals surface area contributed by atoms with E-state index in [4.69, 9.17) is 6.42 Å². The first kappa shape index (κ1) is 24.2. The van der Waals surface area contributed by atoms with Gasteiger partial charge in [0.2, 0.25) is 0 Å². The molecular formula is C26H24F3N5O. The van der Waals surface area contributed by atoms with Gasteiger partial charge >= 0.3 is 6.18 Å². The summed E-state index contributed by atoms with van der Waals surface area (Å²) < 4.78 is 44.2. The summed E-state index contributed by atoms with van der Waals surface area (Å²) in [5.74, 6) is 2.56. The second-order valence-electron chi connectivity index (χ2n) is 8.27. The summed E-state index contributed by atoms with van der Waals surface area (Å²) in [6.45, 7) is 3.99. The van der Waals surface area contributed by atoms with Gasteiger partial charge in [-0.25, -0.2) is 4.98 Å². The van der Waals surface area contributed by atoms with Crippen LogP contribution in [0.1, 0.15) is 59.1 Å². The van der Waals surface area contributed by atoms with Crippen LogP contribution in [0.15, 0.2) is 43.0 Å². The van der Waals surface area contributed by atoms with Crippen LogP contribution < -0.4 is 0 Å². The topological polar surface area (TPSA) is 65.1 Å². The van der Waals surface area contributed by atoms with E-state index in [-0.39, 0.29) is 23.6 Å². The Hall–Kier alpha value is -3.93. The van der Waals surface area contributed by atoms with Gasteiger partial charge in [-0.05, 0) is 24.5 Å². The van der Waals surface area contributed by atoms with Crippen molar-refractivity contribution < 1.29 is 18.0 Å². The van der Waals surface area contributed by atoms with E-state index in [1.807, 2.05) is 26.0 Å². The molecule has 0 unspecified atom stereocenters. The summed E-state index contributed by atoms with van der Waals surface area (Å²) in [5.41, 5.74) is 2.81. The fraction of sp³-hybridized carbons (Fsp3) is 0.308. The first-order valence-electron chi connectivity index (χ1n) is 11.2. The number of unbranched alkanes of at least 4 members (excludes halogenated alkanes) is 1. The highest BCUT2D eigenvalue weighted by Gasteiger charge is 2.38. The molecule has 0 aliphatic rings. The van der Waals surface area contributed by atoms with Gasteiger partial charge in [-0.3, -0.25) is 18.9 Å². The number of rotatable bonds is 8. The number of aryl methyl sites for hydroxylation is 2. The van der Waals surface area contributed by atoms with E-state index in [0.717, 1.165) is 11.1 Å². The number of hydrogen-bond donors (Lipinski definition) is 0. The maximum atomic E-state index is 13.8. The van der Waals surface area contributed by atoms with Gasteiger partial charge in [0.15, 0.2) is 17.1 Å². The minimum Gasteiger partial charge on any atom is -0.296 e. The van der Waals surface area contributed by atoms with Gasteiger partial charge < -0.3 is 0 Å². The number of terminal acetylenes is 1. The second-order valence-corrected chi connectivity index (χ2v) is 8.27. The monoisotopic (exact) mass is 479 g/mol. The van der Waals surface area contributed by atoms with Crippen LogP contribution in [0.25, 0.3) is 16.9 Å². The van der Waals surface area contributed by atoms with Gasteiger partial charge in [-0.15, -0.1) is 12.3 Å². The maximum absolute atomic E-state index is 13.8. The van der Waals surface area contributed by atoms with Crippen molar-refractivity contribution in [2.24, 2.45) is 0 Å². The highest BCUT2D eigenvalue weighted by atomic mass is 19.4. The summed E-state index contributed by atoms with van der Waals surface area (Å²) in [6.07, 6.45) is 8.37. The molecule has 0 aliphatic heterocycles. The SMILES string of the molecule is C#CCCCn1cc(-c2cnc3c(Cc4ccc(C(=O)CC)c(C)c4)nccn23)c(C(F)(F)F)n1. The standard InChI is InChI=1S/C26H24F3N5O/c1-4-6-7-11-33-16-20(24(32-33)26(27,28)29)22-15-31-25-21(30-10-12-34(22)25)14-18-8-9-19(17(3)13-18)23(35)5-2/h1,8-10,12-13,15-16H,5-7,11,14H2,2-3H3. The third-order valence-electron chi connectivity index (χ3n) is 5.80. The van der Waals surface area contributed by atoms with E-state index in [2.05, 4.69) is 21.0 Å². The molecule has 0 spiro atoms. The summed E-state index contributed by atoms with van der Waals surface area (Å²) in [4.78, 5) is 20.9. The summed E-state index contributed by atoms with van der Waals surface area (Å²) >= 11 is 0. The van der Waals surface area contributed by atoms with Crippen LogP contribution in [0.3, 0.4) is 0 Å². The minimum absolute atomic E-state index is 0.0545. The lowest BCUT2D eigenvalue weighted by atomic mass is 9.98. The molecule has 6 nitrogen and oxygen atoms in total. The van der Waals surface area contributed by atoms with Crippen molar-refractivity contribution in [3.05, 3.63) is 71.1 Å². The zero-order valence-electron chi connectivity index (χ0n) is 19.4. The number of imidazole rings is 1. The second kappa shape index (κ2) is 9.74. The highest BCUT2D eigenvalue weighted by molar-refractivity contribution is 5.97. The Labute approximate surface area is 200 Å². The van der Waals surface area contributed by atoms with Crippen molar-refractivity contribution in [2.75, 3.05) is 0 Å². The van der Waals surface area contributed by atoms with Gasteiger partial charge in [0.25, 0.3) is 0 Å². The normalized spacial score (nSPS) is 11.7. The maximum Gasteiger partial charge on any atom is 0.435 e. The van der Waals surface area contributed by atoms with Crippen LogP contribution >= 0.6 is 0 Å². The Balaban J connectivity index is 1.71. The van der Waals surface area contributed by atoms with Crippen LogP contribution in [-0.4, -0.2) is 29.9 Å². The van der Waals surface area contributed by atoms with E-state index in [1.165, 1.54) is 17.1 Å². The van der Waals surface area contributed by atoms with Gasteiger partial charge in [-0.2, -0.15) is 18.3 Å². The molecule has 0 bridgehead atoms. The Kier molecular flexibility index (Phi) is 6.74. The molecule has 0 N–H and O–H groups in total. The Morgan fingerprint density at radius 1 is 1.23 bits per heavy atom. The van der Waals surface area contributed by atoms with Crippen molar-refractivity contribution in [1.82, 2.24) is 24.1 Å². The number of ketones is 1. The van der Waals surface area contributed by atoms with Gasteiger partial charge in [0, 0.05) is 50.0 Å². The largest absolute Gasteiger partial charge is 0.435 e. The van der Waals surface area contributed by atoms with E-state index in [0.29, 0.717) is 42.6 Å². The predicted molar refractivity (Wildman–Crippen MR) is 126 cm³/mol. The van der Waals surface area contributed by atoms with Crippen LogP contribution in [0, 0.1) is 19.3 Å². The van der Waals surface area contributed by atoms with Crippen LogP contribution in [0.5, 0.6) is 0 Å². The van der Waals surface area contributed by atoms with Crippen LogP contribution in [-0.2, 0) is 19.1 Å². The molecule has 35 heavy (non-hydrogen) atoms. The number of hydrogen-bond acceptors (Lipinski definition) is 4. The molecule has 4 aromatic rings. The number of benzene rings is 1. The summed E-state index contributed by atoms with van der Waals surface area (Å²) in [5, 5.41) is 3.78. The molecule has 0 fully saturated rings. The number of halogens is 3. The number of carbonyl (C=O) groups excluding carboxylic acids is 1. The molecule has 0 saturated heterocycles. The lowest BCUT2D eigenvalue weighted by Gasteiger charge is -2.09. The van der Waals surface area contributed by atoms with E-state index in [1.54, 1.807) is 22.9 Å². The molecule has 0 saturated carbocycles. The van der Waals surface area contributed by atoms with Gasteiger partial charge in [0.1, 0.15) is 0 Å². The Morgan fingerprint density at radius 2 is 2.03 bits per heavy atom. The highest BCUT2D eigenvalue weighted by Crippen LogP contribution is 2.36. The van der Waals surface area contributed by atoms with Crippen molar-refractivity contribution in [2.45, 2.75) is 52.3 Å². The zero-order valence-corrected chi connectivity index (χ0v) is 19.4. The van der Waals surface area contributed by atoms with Crippen LogP contribution in [0.4, 0.5) is 13.2 Å². The van der Waals surface area contributed by atoms with E-state index < -0.39 is 11.9 Å². The third-order valence-corrected chi connectivity index (χ3v) is 5.80. The van der Waals surface area contributed by atoms with Gasteiger partial charge in [-0.1, -0.05) is 25.1 Å². The Bertz CT molecular complexity index is 1430. The van der Waals surface area contributed by atoms with Crippen molar-refractivity contribution in [3.8, 4) is 23.6 Å². The molecule has 4 rings (SSSR count). The van der Waals surface area contributed by atoms with E-state index in [9.17, 15) is 18.0 Å². The van der Waals surface area contributed by atoms with Crippen molar-refractivity contribution >= 4 is 11.4 Å². The molecular weight excluding hydrogens is 455 g/mol. The molecule has 1 aromatic carbocycles. The van der Waals surface area contributed by atoms with Gasteiger partial charge in [0.05, 0.1) is 23.1 Å². The predicted octanol–water partition coefficient (Wildman–Crippen LogP) is 5.52. The molecule has 180 valence electrons. The zero-order chi connectivity index (χ0) is 25.2. The third kappa shape index (κ3) is 4.97. The number of alkyl halides is 3. The quantitative estimate of drug-likeness (QED) is 0.190. The number of nitrogens with zero attached hydrogens (tertiary/aromatic N) is 5. The molecule has 0 radical (unpaired) electrons. The molecule has 3 heterocycles. The molecule has 0 atom stereocenters.